The number of amides is 1. The number of carbonyl (C=O) groups excluding carboxylic acids is 1. The van der Waals surface area contributed by atoms with Gasteiger partial charge in [0.15, 0.2) is 0 Å². The predicted molar refractivity (Wildman–Crippen MR) is 85.5 cm³/mol. The van der Waals surface area contributed by atoms with E-state index < -0.39 is 4.92 Å². The Morgan fingerprint density at radius 1 is 1.35 bits per heavy atom. The summed E-state index contributed by atoms with van der Waals surface area (Å²) >= 11 is 0. The number of nitrogens with one attached hydrogen (secondary N) is 1. The van der Waals surface area contributed by atoms with Crippen LogP contribution >= 0.6 is 0 Å². The maximum atomic E-state index is 11.9. The minimum atomic E-state index is -0.550. The van der Waals surface area contributed by atoms with Crippen LogP contribution in [0.25, 0.3) is 0 Å². The fourth-order valence-corrected chi connectivity index (χ4v) is 2.08. The molecule has 7 heteroatoms. The van der Waals surface area contributed by atoms with Crippen molar-refractivity contribution < 1.29 is 14.5 Å². The van der Waals surface area contributed by atoms with Gasteiger partial charge >= 0.3 is 0 Å². The molecule has 120 valence electrons. The third-order valence-electron chi connectivity index (χ3n) is 3.24. The van der Waals surface area contributed by atoms with E-state index in [-0.39, 0.29) is 23.7 Å². The Bertz CT molecular complexity index is 689. The molecule has 0 spiro atoms. The van der Waals surface area contributed by atoms with Gasteiger partial charge in [0, 0.05) is 18.3 Å². The molecular weight excluding hydrogens is 298 g/mol. The summed E-state index contributed by atoms with van der Waals surface area (Å²) in [6, 6.07) is 9.93. The number of carbonyl (C=O) groups is 1. The molecule has 0 fully saturated rings. The van der Waals surface area contributed by atoms with Crippen LogP contribution in [0, 0.1) is 10.1 Å². The number of ether oxygens (including phenoxy) is 1. The maximum Gasteiger partial charge on any atom is 0.296 e. The number of aryl methyl sites for hydroxylation is 1. The average Bonchev–Trinajstić information content (AvgIpc) is 2.56. The number of hydrogen-bond donors (Lipinski definition) is 1. The van der Waals surface area contributed by atoms with Gasteiger partial charge in [-0.1, -0.05) is 6.07 Å². The lowest BCUT2D eigenvalue weighted by molar-refractivity contribution is -0.384. The van der Waals surface area contributed by atoms with Crippen LogP contribution < -0.4 is 10.1 Å². The maximum absolute atomic E-state index is 11.9. The zero-order valence-corrected chi connectivity index (χ0v) is 12.7. The van der Waals surface area contributed by atoms with Crippen molar-refractivity contribution in [3.63, 3.8) is 0 Å². The fraction of sp³-hybridized carbons (Fsp3) is 0.250. The van der Waals surface area contributed by atoms with E-state index in [2.05, 4.69) is 10.3 Å². The summed E-state index contributed by atoms with van der Waals surface area (Å²) in [7, 11) is 1.43. The Morgan fingerprint density at radius 3 is 2.83 bits per heavy atom. The summed E-state index contributed by atoms with van der Waals surface area (Å²) in [6.07, 6.45) is 3.27. The summed E-state index contributed by atoms with van der Waals surface area (Å²) < 4.78 is 4.95. The van der Waals surface area contributed by atoms with Crippen LogP contribution in [0.2, 0.25) is 0 Å². The standard InChI is InChI=1S/C16H17N3O4/c1-23-13-8-9-14(15(11-13)19(21)22)18-16(20)7-4-6-12-5-2-3-10-17-12/h2-3,5,8-11H,4,6-7H2,1H3,(H,18,20). The van der Waals surface area contributed by atoms with Crippen LogP contribution in [0.3, 0.4) is 0 Å². The molecule has 2 rings (SSSR count). The molecule has 1 aromatic heterocycles. The first kappa shape index (κ1) is 16.4. The molecule has 0 radical (unpaired) electrons. The zero-order chi connectivity index (χ0) is 16.7. The number of aromatic nitrogens is 1. The lowest BCUT2D eigenvalue weighted by Crippen LogP contribution is -2.13. The van der Waals surface area contributed by atoms with Crippen molar-refractivity contribution in [2.45, 2.75) is 19.3 Å². The van der Waals surface area contributed by atoms with Gasteiger partial charge in [-0.25, -0.2) is 0 Å². The van der Waals surface area contributed by atoms with E-state index in [1.54, 1.807) is 12.3 Å². The second-order valence-corrected chi connectivity index (χ2v) is 4.86. The van der Waals surface area contributed by atoms with Gasteiger partial charge in [-0.3, -0.25) is 19.9 Å². The van der Waals surface area contributed by atoms with Gasteiger partial charge < -0.3 is 10.1 Å². The van der Waals surface area contributed by atoms with Gasteiger partial charge in [0.1, 0.15) is 11.4 Å². The van der Waals surface area contributed by atoms with Crippen molar-refractivity contribution in [3.05, 3.63) is 58.4 Å². The van der Waals surface area contributed by atoms with Gasteiger partial charge in [-0.2, -0.15) is 0 Å². The lowest BCUT2D eigenvalue weighted by atomic mass is 10.1. The Kier molecular flexibility index (Phi) is 5.62. The number of nitrogens with zero attached hydrogens (tertiary/aromatic N) is 2. The molecule has 0 unspecified atom stereocenters. The van der Waals surface area contributed by atoms with E-state index in [1.807, 2.05) is 18.2 Å². The van der Waals surface area contributed by atoms with Gasteiger partial charge in [0.2, 0.25) is 5.91 Å². The van der Waals surface area contributed by atoms with Crippen LogP contribution in [0.15, 0.2) is 42.6 Å². The molecule has 0 bridgehead atoms. The van der Waals surface area contributed by atoms with E-state index in [4.69, 9.17) is 4.74 Å². The second-order valence-electron chi connectivity index (χ2n) is 4.86. The third kappa shape index (κ3) is 4.77. The normalized spacial score (nSPS) is 10.1. The van der Waals surface area contributed by atoms with Crippen LogP contribution in [-0.4, -0.2) is 22.9 Å². The molecule has 2 aromatic rings. The third-order valence-corrected chi connectivity index (χ3v) is 3.24. The number of pyridine rings is 1. The molecular formula is C16H17N3O4. The highest BCUT2D eigenvalue weighted by atomic mass is 16.6. The average molecular weight is 315 g/mol. The molecule has 1 amide bonds. The Hall–Kier alpha value is -2.96. The van der Waals surface area contributed by atoms with Crippen LogP contribution in [-0.2, 0) is 11.2 Å². The number of rotatable bonds is 7. The Balaban J connectivity index is 1.93. The molecule has 1 heterocycles. The van der Waals surface area contributed by atoms with Crippen molar-refractivity contribution in [2.24, 2.45) is 0 Å². The van der Waals surface area contributed by atoms with Gasteiger partial charge in [0.25, 0.3) is 5.69 Å². The van der Waals surface area contributed by atoms with Crippen LogP contribution in [0.5, 0.6) is 5.75 Å². The number of benzene rings is 1. The van der Waals surface area contributed by atoms with Gasteiger partial charge in [-0.05, 0) is 37.1 Å². The molecule has 1 aromatic carbocycles. The number of methoxy groups -OCH3 is 1. The number of nitro benzene ring substituents is 1. The SMILES string of the molecule is COc1ccc(NC(=O)CCCc2ccccn2)c([N+](=O)[O-])c1. The summed E-state index contributed by atoms with van der Waals surface area (Å²) in [5.74, 6) is 0.0963. The molecule has 0 aliphatic rings. The molecule has 0 atom stereocenters. The summed E-state index contributed by atoms with van der Waals surface area (Å²) in [5, 5.41) is 13.6. The first-order chi connectivity index (χ1) is 11.1. The largest absolute Gasteiger partial charge is 0.496 e. The van der Waals surface area contributed by atoms with E-state index in [9.17, 15) is 14.9 Å². The summed E-state index contributed by atoms with van der Waals surface area (Å²) in [5.41, 5.74) is 0.886. The topological polar surface area (TPSA) is 94.4 Å². The van der Waals surface area contributed by atoms with E-state index in [1.165, 1.54) is 19.2 Å². The highest BCUT2D eigenvalue weighted by Gasteiger charge is 2.17. The summed E-state index contributed by atoms with van der Waals surface area (Å²) in [6.45, 7) is 0. The lowest BCUT2D eigenvalue weighted by Gasteiger charge is -2.07. The smallest absolute Gasteiger partial charge is 0.296 e. The van der Waals surface area contributed by atoms with E-state index >= 15 is 0 Å². The van der Waals surface area contributed by atoms with Gasteiger partial charge in [-0.15, -0.1) is 0 Å². The quantitative estimate of drug-likeness (QED) is 0.626. The Morgan fingerprint density at radius 2 is 2.17 bits per heavy atom. The molecule has 7 nitrogen and oxygen atoms in total. The van der Waals surface area contributed by atoms with Crippen LogP contribution in [0.4, 0.5) is 11.4 Å². The summed E-state index contributed by atoms with van der Waals surface area (Å²) in [4.78, 5) is 26.6. The molecule has 23 heavy (non-hydrogen) atoms. The molecule has 1 N–H and O–H groups in total. The van der Waals surface area contributed by atoms with E-state index in [0.717, 1.165) is 5.69 Å². The first-order valence-corrected chi connectivity index (χ1v) is 7.12. The second kappa shape index (κ2) is 7.88. The molecule has 0 saturated carbocycles. The zero-order valence-electron chi connectivity index (χ0n) is 12.7. The number of hydrogen-bond acceptors (Lipinski definition) is 5. The van der Waals surface area contributed by atoms with Crippen molar-refractivity contribution >= 4 is 17.3 Å². The minimum Gasteiger partial charge on any atom is -0.496 e. The van der Waals surface area contributed by atoms with E-state index in [0.29, 0.717) is 18.6 Å². The van der Waals surface area contributed by atoms with Crippen molar-refractivity contribution in [2.75, 3.05) is 12.4 Å². The highest BCUT2D eigenvalue weighted by Crippen LogP contribution is 2.29. The van der Waals surface area contributed by atoms with Gasteiger partial charge in [0.05, 0.1) is 18.1 Å². The van der Waals surface area contributed by atoms with Crippen molar-refractivity contribution in [3.8, 4) is 5.75 Å². The predicted octanol–water partition coefficient (Wildman–Crippen LogP) is 2.96. The van der Waals surface area contributed by atoms with Crippen molar-refractivity contribution in [1.29, 1.82) is 0 Å². The molecule has 0 saturated heterocycles. The number of nitro groups is 1. The Labute approximate surface area is 133 Å². The molecule has 0 aliphatic carbocycles. The fourth-order valence-electron chi connectivity index (χ4n) is 2.08. The van der Waals surface area contributed by atoms with Crippen molar-refractivity contribution in [1.82, 2.24) is 4.98 Å². The monoisotopic (exact) mass is 315 g/mol. The van der Waals surface area contributed by atoms with Crippen LogP contribution in [0.1, 0.15) is 18.5 Å². The number of anilines is 1. The first-order valence-electron chi connectivity index (χ1n) is 7.12. The minimum absolute atomic E-state index is 0.165. The molecule has 0 aliphatic heterocycles. The highest BCUT2D eigenvalue weighted by molar-refractivity contribution is 5.93.